The van der Waals surface area contributed by atoms with Crippen LogP contribution in [0.25, 0.3) is 0 Å². The molecule has 0 unspecified atom stereocenters. The second-order valence-corrected chi connectivity index (χ2v) is 4.74. The molecule has 2 rings (SSSR count). The van der Waals surface area contributed by atoms with Crippen molar-refractivity contribution in [1.82, 2.24) is 5.32 Å². The number of anilines is 1. The van der Waals surface area contributed by atoms with Gasteiger partial charge in [-0.2, -0.15) is 0 Å². The third-order valence-electron chi connectivity index (χ3n) is 2.68. The van der Waals surface area contributed by atoms with E-state index in [1.165, 1.54) is 0 Å². The number of nitrogens with one attached hydrogen (secondary N) is 2. The molecule has 2 aromatic carbocycles. The minimum absolute atomic E-state index is 0.223. The van der Waals surface area contributed by atoms with Crippen LogP contribution in [0.1, 0.15) is 11.1 Å². The fourth-order valence-corrected chi connectivity index (χ4v) is 1.72. The van der Waals surface area contributed by atoms with Crippen molar-refractivity contribution in [3.05, 3.63) is 64.7 Å². The van der Waals surface area contributed by atoms with Gasteiger partial charge in [0.1, 0.15) is 0 Å². The van der Waals surface area contributed by atoms with Crippen LogP contribution in [0.5, 0.6) is 0 Å². The van der Waals surface area contributed by atoms with E-state index >= 15 is 0 Å². The summed E-state index contributed by atoms with van der Waals surface area (Å²) >= 11 is 5.79. The molecular weight excluding hydrogens is 260 g/mol. The quantitative estimate of drug-likeness (QED) is 0.874. The Kier molecular flexibility index (Phi) is 4.42. The monoisotopic (exact) mass is 274 g/mol. The fraction of sp³-hybridized carbons (Fsp3) is 0.133. The van der Waals surface area contributed by atoms with Gasteiger partial charge < -0.3 is 10.6 Å². The van der Waals surface area contributed by atoms with E-state index in [4.69, 9.17) is 11.6 Å². The highest BCUT2D eigenvalue weighted by molar-refractivity contribution is 6.30. The van der Waals surface area contributed by atoms with Crippen LogP contribution in [0.15, 0.2) is 48.5 Å². The first-order chi connectivity index (χ1) is 9.13. The topological polar surface area (TPSA) is 41.1 Å². The molecule has 0 radical (unpaired) electrons. The highest BCUT2D eigenvalue weighted by atomic mass is 35.5. The maximum atomic E-state index is 11.7. The molecule has 0 atom stereocenters. The van der Waals surface area contributed by atoms with Gasteiger partial charge in [0.15, 0.2) is 0 Å². The summed E-state index contributed by atoms with van der Waals surface area (Å²) < 4.78 is 0. The average molecular weight is 275 g/mol. The van der Waals surface area contributed by atoms with Crippen molar-refractivity contribution in [2.75, 3.05) is 5.32 Å². The molecule has 3 nitrogen and oxygen atoms in total. The molecule has 19 heavy (non-hydrogen) atoms. The van der Waals surface area contributed by atoms with Gasteiger partial charge in [-0.25, -0.2) is 4.79 Å². The van der Waals surface area contributed by atoms with E-state index in [2.05, 4.69) is 10.6 Å². The van der Waals surface area contributed by atoms with Crippen LogP contribution in [0.4, 0.5) is 10.5 Å². The van der Waals surface area contributed by atoms with E-state index < -0.39 is 0 Å². The third kappa shape index (κ3) is 4.30. The average Bonchev–Trinajstić information content (AvgIpc) is 2.41. The lowest BCUT2D eigenvalue weighted by Crippen LogP contribution is -2.28. The number of aryl methyl sites for hydroxylation is 1. The second kappa shape index (κ2) is 6.25. The van der Waals surface area contributed by atoms with Gasteiger partial charge in [-0.3, -0.25) is 0 Å². The lowest BCUT2D eigenvalue weighted by atomic mass is 10.2. The minimum atomic E-state index is -0.223. The lowest BCUT2D eigenvalue weighted by molar-refractivity contribution is 0.251. The maximum absolute atomic E-state index is 11.7. The SMILES string of the molecule is Cc1ccc(NC(=O)NCc2ccc(Cl)cc2)cc1. The van der Waals surface area contributed by atoms with Crippen molar-refractivity contribution < 1.29 is 4.79 Å². The summed E-state index contributed by atoms with van der Waals surface area (Å²) in [6.07, 6.45) is 0. The number of benzene rings is 2. The fourth-order valence-electron chi connectivity index (χ4n) is 1.60. The number of hydrogen-bond acceptors (Lipinski definition) is 1. The molecule has 4 heteroatoms. The van der Waals surface area contributed by atoms with Gasteiger partial charge in [0.25, 0.3) is 0 Å². The number of urea groups is 1. The molecule has 98 valence electrons. The Morgan fingerprint density at radius 1 is 1.05 bits per heavy atom. The molecule has 0 heterocycles. The van der Waals surface area contributed by atoms with Crippen LogP contribution < -0.4 is 10.6 Å². The number of halogens is 1. The van der Waals surface area contributed by atoms with Gasteiger partial charge in [-0.05, 0) is 36.8 Å². The van der Waals surface area contributed by atoms with Crippen LogP contribution in [0.3, 0.4) is 0 Å². The van der Waals surface area contributed by atoms with Crippen molar-refractivity contribution in [3.63, 3.8) is 0 Å². The molecule has 0 aliphatic carbocycles. The molecule has 2 aromatic rings. The molecule has 0 saturated carbocycles. The molecule has 0 bridgehead atoms. The van der Waals surface area contributed by atoms with Crippen LogP contribution in [-0.4, -0.2) is 6.03 Å². The molecule has 0 aromatic heterocycles. The number of hydrogen-bond donors (Lipinski definition) is 2. The van der Waals surface area contributed by atoms with Gasteiger partial charge in [0.05, 0.1) is 0 Å². The number of carbonyl (C=O) groups excluding carboxylic acids is 1. The highest BCUT2D eigenvalue weighted by Gasteiger charge is 2.01. The van der Waals surface area contributed by atoms with Crippen LogP contribution in [0.2, 0.25) is 5.02 Å². The van der Waals surface area contributed by atoms with Gasteiger partial charge >= 0.3 is 6.03 Å². The Labute approximate surface area is 117 Å². The molecule has 2 N–H and O–H groups in total. The minimum Gasteiger partial charge on any atom is -0.334 e. The van der Waals surface area contributed by atoms with Crippen molar-refractivity contribution in [1.29, 1.82) is 0 Å². The summed E-state index contributed by atoms with van der Waals surface area (Å²) in [5, 5.41) is 6.25. The summed E-state index contributed by atoms with van der Waals surface area (Å²) in [6, 6.07) is 14.8. The van der Waals surface area contributed by atoms with E-state index in [1.54, 1.807) is 12.1 Å². The predicted molar refractivity (Wildman–Crippen MR) is 78.5 cm³/mol. The predicted octanol–water partition coefficient (Wildman–Crippen LogP) is 3.97. The molecule has 0 saturated heterocycles. The van der Waals surface area contributed by atoms with Crippen molar-refractivity contribution in [2.24, 2.45) is 0 Å². The first-order valence-electron chi connectivity index (χ1n) is 5.99. The standard InChI is InChI=1S/C15H15ClN2O/c1-11-2-8-14(9-3-11)18-15(19)17-10-12-4-6-13(16)7-5-12/h2-9H,10H2,1H3,(H2,17,18,19). The smallest absolute Gasteiger partial charge is 0.319 e. The number of carbonyl (C=O) groups is 1. The molecule has 0 aliphatic heterocycles. The first-order valence-corrected chi connectivity index (χ1v) is 6.37. The molecule has 2 amide bonds. The third-order valence-corrected chi connectivity index (χ3v) is 2.93. The summed E-state index contributed by atoms with van der Waals surface area (Å²) in [5.41, 5.74) is 2.94. The van der Waals surface area contributed by atoms with Gasteiger partial charge in [-0.1, -0.05) is 41.4 Å². The maximum Gasteiger partial charge on any atom is 0.319 e. The molecular formula is C15H15ClN2O. The van der Waals surface area contributed by atoms with Crippen LogP contribution in [0, 0.1) is 6.92 Å². The molecule has 0 aliphatic rings. The van der Waals surface area contributed by atoms with Gasteiger partial charge in [-0.15, -0.1) is 0 Å². The Bertz CT molecular complexity index is 549. The summed E-state index contributed by atoms with van der Waals surface area (Å²) in [4.78, 5) is 11.7. The summed E-state index contributed by atoms with van der Waals surface area (Å²) in [5.74, 6) is 0. The lowest BCUT2D eigenvalue weighted by Gasteiger charge is -2.08. The van der Waals surface area contributed by atoms with E-state index in [9.17, 15) is 4.79 Å². The molecule has 0 spiro atoms. The highest BCUT2D eigenvalue weighted by Crippen LogP contribution is 2.10. The Hall–Kier alpha value is -2.00. The second-order valence-electron chi connectivity index (χ2n) is 4.30. The number of rotatable bonds is 3. The Morgan fingerprint density at radius 2 is 1.68 bits per heavy atom. The van der Waals surface area contributed by atoms with Crippen LogP contribution in [-0.2, 0) is 6.54 Å². The van der Waals surface area contributed by atoms with Crippen molar-refractivity contribution >= 4 is 23.3 Å². The normalized spacial score (nSPS) is 10.0. The summed E-state index contributed by atoms with van der Waals surface area (Å²) in [7, 11) is 0. The van der Waals surface area contributed by atoms with Gasteiger partial charge in [0, 0.05) is 17.3 Å². The first kappa shape index (κ1) is 13.4. The zero-order valence-electron chi connectivity index (χ0n) is 10.6. The van der Waals surface area contributed by atoms with E-state index in [1.807, 2.05) is 43.3 Å². The van der Waals surface area contributed by atoms with E-state index in [0.29, 0.717) is 11.6 Å². The van der Waals surface area contributed by atoms with E-state index in [0.717, 1.165) is 16.8 Å². The van der Waals surface area contributed by atoms with E-state index in [-0.39, 0.29) is 6.03 Å². The van der Waals surface area contributed by atoms with Crippen molar-refractivity contribution in [2.45, 2.75) is 13.5 Å². The zero-order chi connectivity index (χ0) is 13.7. The number of amides is 2. The molecule has 0 fully saturated rings. The van der Waals surface area contributed by atoms with Crippen LogP contribution >= 0.6 is 11.6 Å². The van der Waals surface area contributed by atoms with Gasteiger partial charge in [0.2, 0.25) is 0 Å². The summed E-state index contributed by atoms with van der Waals surface area (Å²) in [6.45, 7) is 2.47. The Balaban J connectivity index is 1.84. The Morgan fingerprint density at radius 3 is 2.32 bits per heavy atom. The zero-order valence-corrected chi connectivity index (χ0v) is 11.4. The van der Waals surface area contributed by atoms with Crippen molar-refractivity contribution in [3.8, 4) is 0 Å². The largest absolute Gasteiger partial charge is 0.334 e.